The first kappa shape index (κ1) is 30.8. The maximum absolute atomic E-state index is 2.43. The van der Waals surface area contributed by atoms with Crippen LogP contribution in [0.25, 0.3) is 76.5 Å². The zero-order valence-corrected chi connectivity index (χ0v) is 29.2. The second-order valence-corrected chi connectivity index (χ2v) is 13.7. The van der Waals surface area contributed by atoms with E-state index in [1.54, 1.807) is 0 Å². The molecule has 0 heterocycles. The van der Waals surface area contributed by atoms with Crippen LogP contribution in [0.1, 0.15) is 0 Å². The van der Waals surface area contributed by atoms with E-state index in [-0.39, 0.29) is 0 Å². The molecule has 0 radical (unpaired) electrons. The van der Waals surface area contributed by atoms with Crippen molar-refractivity contribution in [3.05, 3.63) is 212 Å². The summed E-state index contributed by atoms with van der Waals surface area (Å²) in [5, 5.41) is 9.91. The second-order valence-electron chi connectivity index (χ2n) is 13.7. The van der Waals surface area contributed by atoms with E-state index in [2.05, 4.69) is 217 Å². The monoisotopic (exact) mass is 673 g/mol. The Morgan fingerprint density at radius 2 is 0.755 bits per heavy atom. The van der Waals surface area contributed by atoms with Crippen molar-refractivity contribution in [2.75, 3.05) is 4.90 Å². The van der Waals surface area contributed by atoms with Crippen molar-refractivity contribution < 1.29 is 0 Å². The summed E-state index contributed by atoms with van der Waals surface area (Å²) in [4.78, 5) is 2.43. The number of hydrogen-bond donors (Lipinski definition) is 0. The van der Waals surface area contributed by atoms with Crippen molar-refractivity contribution >= 4 is 60.2 Å². The van der Waals surface area contributed by atoms with Gasteiger partial charge in [0.15, 0.2) is 0 Å². The SMILES string of the molecule is c1ccc(-c2c(-c3ccccc3)c3cc(N(c4ccc(-c5cccc6ccccc56)cc4)c4cccc5ccccc45)ccc3c3ccccc23)cc1. The molecular formula is C52H35N. The van der Waals surface area contributed by atoms with Crippen LogP contribution in [-0.4, -0.2) is 0 Å². The van der Waals surface area contributed by atoms with Gasteiger partial charge in [-0.05, 0) is 101 Å². The number of rotatable bonds is 6. The van der Waals surface area contributed by atoms with Crippen molar-refractivity contribution in [3.8, 4) is 33.4 Å². The fourth-order valence-electron chi connectivity index (χ4n) is 8.23. The normalized spacial score (nSPS) is 11.4. The van der Waals surface area contributed by atoms with E-state index in [9.17, 15) is 0 Å². The summed E-state index contributed by atoms with van der Waals surface area (Å²) in [5.74, 6) is 0. The zero-order chi connectivity index (χ0) is 35.1. The van der Waals surface area contributed by atoms with Gasteiger partial charge in [-0.25, -0.2) is 0 Å². The Hall–Kier alpha value is -6.96. The second kappa shape index (κ2) is 13.0. The summed E-state index contributed by atoms with van der Waals surface area (Å²) in [6.45, 7) is 0. The topological polar surface area (TPSA) is 3.24 Å². The molecule has 0 bridgehead atoms. The van der Waals surface area contributed by atoms with Crippen LogP contribution in [0.3, 0.4) is 0 Å². The largest absolute Gasteiger partial charge is 0.310 e. The molecule has 1 heteroatoms. The molecule has 0 unspecified atom stereocenters. The van der Waals surface area contributed by atoms with Gasteiger partial charge in [-0.2, -0.15) is 0 Å². The van der Waals surface area contributed by atoms with E-state index in [1.807, 2.05) is 0 Å². The molecule has 0 aliphatic rings. The molecule has 0 aliphatic carbocycles. The first-order valence-corrected chi connectivity index (χ1v) is 18.3. The van der Waals surface area contributed by atoms with E-state index in [0.29, 0.717) is 0 Å². The fraction of sp³-hybridized carbons (Fsp3) is 0. The summed E-state index contributed by atoms with van der Waals surface area (Å²) >= 11 is 0. The third-order valence-corrected chi connectivity index (χ3v) is 10.6. The number of nitrogens with zero attached hydrogens (tertiary/aromatic N) is 1. The Kier molecular flexibility index (Phi) is 7.55. The van der Waals surface area contributed by atoms with Crippen molar-refractivity contribution in [1.82, 2.24) is 0 Å². The summed E-state index contributed by atoms with van der Waals surface area (Å²) in [7, 11) is 0. The molecule has 248 valence electrons. The predicted octanol–water partition coefficient (Wildman–Crippen LogP) is 14.8. The standard InChI is InChI=1S/C52H35N/c1-3-17-39(18-4-1)51-48-26-12-11-25-46(48)47-34-33-42(35-49(47)52(51)40-19-5-2-6-20-40)53(50-28-14-22-37-16-8-10-24-45(37)50)41-31-29-38(30-32-41)44-27-13-21-36-15-7-9-23-43(36)44/h1-35H. The van der Waals surface area contributed by atoms with Gasteiger partial charge in [0.05, 0.1) is 5.69 Å². The number of benzene rings is 10. The average Bonchev–Trinajstić information content (AvgIpc) is 3.24. The van der Waals surface area contributed by atoms with Gasteiger partial charge in [-0.1, -0.05) is 182 Å². The van der Waals surface area contributed by atoms with Crippen LogP contribution >= 0.6 is 0 Å². The highest BCUT2D eigenvalue weighted by Crippen LogP contribution is 2.47. The van der Waals surface area contributed by atoms with Crippen LogP contribution in [0.15, 0.2) is 212 Å². The first-order valence-electron chi connectivity index (χ1n) is 18.3. The third-order valence-electron chi connectivity index (χ3n) is 10.6. The van der Waals surface area contributed by atoms with E-state index >= 15 is 0 Å². The molecule has 0 atom stereocenters. The lowest BCUT2D eigenvalue weighted by Gasteiger charge is -2.28. The van der Waals surface area contributed by atoms with Crippen molar-refractivity contribution in [3.63, 3.8) is 0 Å². The number of fused-ring (bicyclic) bond motifs is 5. The van der Waals surface area contributed by atoms with E-state index in [0.717, 1.165) is 17.1 Å². The summed E-state index contributed by atoms with van der Waals surface area (Å²) < 4.78 is 0. The minimum absolute atomic E-state index is 1.11. The number of hydrogen-bond acceptors (Lipinski definition) is 1. The molecule has 10 rings (SSSR count). The molecule has 1 nitrogen and oxygen atoms in total. The molecule has 0 spiro atoms. The lowest BCUT2D eigenvalue weighted by Crippen LogP contribution is -2.10. The van der Waals surface area contributed by atoms with Gasteiger partial charge >= 0.3 is 0 Å². The minimum atomic E-state index is 1.11. The van der Waals surface area contributed by atoms with Crippen LogP contribution in [0.5, 0.6) is 0 Å². The molecule has 0 saturated carbocycles. The minimum Gasteiger partial charge on any atom is -0.310 e. The van der Waals surface area contributed by atoms with Crippen molar-refractivity contribution in [2.45, 2.75) is 0 Å². The van der Waals surface area contributed by atoms with Gasteiger partial charge in [0.25, 0.3) is 0 Å². The van der Waals surface area contributed by atoms with Crippen LogP contribution in [0, 0.1) is 0 Å². The van der Waals surface area contributed by atoms with Crippen molar-refractivity contribution in [1.29, 1.82) is 0 Å². The molecule has 0 aromatic heterocycles. The van der Waals surface area contributed by atoms with Gasteiger partial charge in [-0.15, -0.1) is 0 Å². The lowest BCUT2D eigenvalue weighted by molar-refractivity contribution is 1.30. The Balaban J connectivity index is 1.25. The predicted molar refractivity (Wildman–Crippen MR) is 227 cm³/mol. The quantitative estimate of drug-likeness (QED) is 0.159. The van der Waals surface area contributed by atoms with Crippen LogP contribution in [0.4, 0.5) is 17.1 Å². The third kappa shape index (κ3) is 5.34. The smallest absolute Gasteiger partial charge is 0.0540 e. The van der Waals surface area contributed by atoms with E-state index in [1.165, 1.54) is 76.5 Å². The van der Waals surface area contributed by atoms with Crippen LogP contribution in [0.2, 0.25) is 0 Å². The van der Waals surface area contributed by atoms with E-state index < -0.39 is 0 Å². The zero-order valence-electron chi connectivity index (χ0n) is 29.2. The van der Waals surface area contributed by atoms with Crippen LogP contribution < -0.4 is 4.90 Å². The van der Waals surface area contributed by atoms with Crippen molar-refractivity contribution in [2.24, 2.45) is 0 Å². The van der Waals surface area contributed by atoms with Gasteiger partial charge in [0, 0.05) is 16.8 Å². The van der Waals surface area contributed by atoms with Gasteiger partial charge in [-0.3, -0.25) is 0 Å². The Bertz CT molecular complexity index is 2920. The van der Waals surface area contributed by atoms with Gasteiger partial charge in [0.2, 0.25) is 0 Å². The van der Waals surface area contributed by atoms with Gasteiger partial charge in [0.1, 0.15) is 0 Å². The molecule has 10 aromatic carbocycles. The van der Waals surface area contributed by atoms with Gasteiger partial charge < -0.3 is 4.90 Å². The summed E-state index contributed by atoms with van der Waals surface area (Å²) in [5.41, 5.74) is 10.7. The molecule has 0 aliphatic heterocycles. The lowest BCUT2D eigenvalue weighted by atomic mass is 9.85. The molecule has 0 fully saturated rings. The summed E-state index contributed by atoms with van der Waals surface area (Å²) in [6, 6.07) is 77.3. The Morgan fingerprint density at radius 1 is 0.264 bits per heavy atom. The van der Waals surface area contributed by atoms with Crippen LogP contribution in [-0.2, 0) is 0 Å². The molecule has 0 N–H and O–H groups in total. The molecule has 0 saturated heterocycles. The maximum Gasteiger partial charge on any atom is 0.0540 e. The fourth-order valence-corrected chi connectivity index (χ4v) is 8.23. The highest BCUT2D eigenvalue weighted by molar-refractivity contribution is 6.22. The molecule has 53 heavy (non-hydrogen) atoms. The first-order chi connectivity index (χ1) is 26.3. The Labute approximate surface area is 309 Å². The molecular weight excluding hydrogens is 639 g/mol. The highest BCUT2D eigenvalue weighted by Gasteiger charge is 2.21. The van der Waals surface area contributed by atoms with E-state index in [4.69, 9.17) is 0 Å². The number of anilines is 3. The summed E-state index contributed by atoms with van der Waals surface area (Å²) in [6.07, 6.45) is 0. The maximum atomic E-state index is 2.43. The molecule has 0 amide bonds. The average molecular weight is 674 g/mol. The highest BCUT2D eigenvalue weighted by atomic mass is 15.1. The molecule has 10 aromatic rings. The Morgan fingerprint density at radius 3 is 1.45 bits per heavy atom.